The predicted molar refractivity (Wildman–Crippen MR) is 104 cm³/mol. The summed E-state index contributed by atoms with van der Waals surface area (Å²) in [6.45, 7) is 4.95. The summed E-state index contributed by atoms with van der Waals surface area (Å²) in [6, 6.07) is 3.60. The van der Waals surface area contributed by atoms with Crippen molar-refractivity contribution in [1.82, 2.24) is 14.7 Å². The molecule has 1 aromatic rings. The van der Waals surface area contributed by atoms with E-state index in [0.717, 1.165) is 0 Å². The van der Waals surface area contributed by atoms with Crippen LogP contribution in [-0.2, 0) is 9.59 Å². The normalized spacial score (nSPS) is 23.1. The Morgan fingerprint density at radius 2 is 1.74 bits per heavy atom. The van der Waals surface area contributed by atoms with Crippen LogP contribution >= 0.6 is 23.2 Å². The van der Waals surface area contributed by atoms with Crippen LogP contribution in [0.1, 0.15) is 30.6 Å². The summed E-state index contributed by atoms with van der Waals surface area (Å²) in [6.07, 6.45) is 0.633. The van der Waals surface area contributed by atoms with Gasteiger partial charge in [-0.25, -0.2) is 0 Å². The van der Waals surface area contributed by atoms with E-state index in [9.17, 15) is 14.4 Å². The molecule has 2 saturated heterocycles. The van der Waals surface area contributed by atoms with E-state index in [1.165, 1.54) is 4.90 Å². The van der Waals surface area contributed by atoms with Crippen molar-refractivity contribution < 1.29 is 14.4 Å². The number of carbonyl (C=O) groups excluding carboxylic acids is 3. The van der Waals surface area contributed by atoms with Gasteiger partial charge in [-0.2, -0.15) is 0 Å². The summed E-state index contributed by atoms with van der Waals surface area (Å²) in [7, 11) is 1.67. The topological polar surface area (TPSA) is 60.9 Å². The number of likely N-dealkylation sites (N-methyl/N-ethyl adjacent to an activating group) is 1. The van der Waals surface area contributed by atoms with E-state index in [1.54, 1.807) is 35.0 Å². The van der Waals surface area contributed by atoms with Crippen LogP contribution in [0.15, 0.2) is 18.2 Å². The molecule has 3 amide bonds. The van der Waals surface area contributed by atoms with E-state index in [4.69, 9.17) is 23.2 Å². The fraction of sp³-hybridized carbons (Fsp3) is 0.526. The lowest BCUT2D eigenvalue weighted by molar-refractivity contribution is -0.163. The second-order valence-electron chi connectivity index (χ2n) is 7.55. The summed E-state index contributed by atoms with van der Waals surface area (Å²) in [5.41, 5.74) is 0.376. The average Bonchev–Trinajstić information content (AvgIpc) is 2.61. The highest BCUT2D eigenvalue weighted by molar-refractivity contribution is 6.35. The lowest BCUT2D eigenvalue weighted by Crippen LogP contribution is -2.69. The second-order valence-corrected chi connectivity index (χ2v) is 8.42. The molecule has 3 rings (SSSR count). The van der Waals surface area contributed by atoms with Crippen molar-refractivity contribution in [2.45, 2.75) is 32.4 Å². The van der Waals surface area contributed by atoms with Crippen LogP contribution < -0.4 is 0 Å². The third-order valence-electron chi connectivity index (χ3n) is 5.14. The molecule has 0 saturated carbocycles. The molecule has 27 heavy (non-hydrogen) atoms. The molecule has 2 aliphatic heterocycles. The molecular weight excluding hydrogens is 389 g/mol. The van der Waals surface area contributed by atoms with Crippen molar-refractivity contribution >= 4 is 40.9 Å². The Bertz CT molecular complexity index is 763. The zero-order valence-corrected chi connectivity index (χ0v) is 17.1. The molecule has 8 heteroatoms. The number of benzene rings is 1. The van der Waals surface area contributed by atoms with Gasteiger partial charge in [0.05, 0.1) is 6.54 Å². The van der Waals surface area contributed by atoms with E-state index in [0.29, 0.717) is 41.0 Å². The first kappa shape index (κ1) is 20.0. The number of rotatable bonds is 3. The predicted octanol–water partition coefficient (Wildman–Crippen LogP) is 2.53. The maximum Gasteiger partial charge on any atom is 0.254 e. The van der Waals surface area contributed by atoms with Crippen molar-refractivity contribution in [3.63, 3.8) is 0 Å². The van der Waals surface area contributed by atoms with Gasteiger partial charge in [0.25, 0.3) is 5.91 Å². The molecule has 0 radical (unpaired) electrons. The Labute approximate surface area is 169 Å². The number of nitrogens with zero attached hydrogens (tertiary/aromatic N) is 3. The quantitative estimate of drug-likeness (QED) is 0.767. The molecule has 6 nitrogen and oxygen atoms in total. The van der Waals surface area contributed by atoms with Crippen LogP contribution in [0.4, 0.5) is 0 Å². The molecule has 146 valence electrons. The lowest BCUT2D eigenvalue weighted by atomic mass is 9.95. The van der Waals surface area contributed by atoms with E-state index in [1.807, 2.05) is 13.8 Å². The highest BCUT2D eigenvalue weighted by atomic mass is 35.5. The Balaban J connectivity index is 1.79. The standard InChI is InChI=1S/C19H23Cl2N3O3/c1-11(2)6-15-19(27)24-5-4-23(10-16(24)18(26)22(15)3)17(25)12-7-13(20)9-14(21)8-12/h7-9,11,15-16H,4-6,10H2,1-3H3/t15-,16+/m0/s1. The zero-order valence-electron chi connectivity index (χ0n) is 15.6. The van der Waals surface area contributed by atoms with Crippen molar-refractivity contribution in [3.8, 4) is 0 Å². The summed E-state index contributed by atoms with van der Waals surface area (Å²) in [5, 5.41) is 0.759. The molecule has 2 aliphatic rings. The molecule has 0 aromatic heterocycles. The molecule has 0 unspecified atom stereocenters. The molecule has 0 bridgehead atoms. The van der Waals surface area contributed by atoms with E-state index in [-0.39, 0.29) is 24.3 Å². The summed E-state index contributed by atoms with van der Waals surface area (Å²) < 4.78 is 0. The van der Waals surface area contributed by atoms with Gasteiger partial charge in [0.15, 0.2) is 0 Å². The van der Waals surface area contributed by atoms with Gasteiger partial charge in [0, 0.05) is 35.7 Å². The summed E-state index contributed by atoms with van der Waals surface area (Å²) in [5.74, 6) is -0.0944. The maximum atomic E-state index is 12.9. The van der Waals surface area contributed by atoms with Crippen molar-refractivity contribution in [3.05, 3.63) is 33.8 Å². The van der Waals surface area contributed by atoms with Gasteiger partial charge in [-0.1, -0.05) is 37.0 Å². The number of piperazine rings is 2. The minimum absolute atomic E-state index is 0.0336. The number of hydrogen-bond donors (Lipinski definition) is 0. The third kappa shape index (κ3) is 3.92. The Morgan fingerprint density at radius 3 is 2.33 bits per heavy atom. The van der Waals surface area contributed by atoms with Gasteiger partial charge in [-0.05, 0) is 30.5 Å². The molecule has 2 atom stereocenters. The van der Waals surface area contributed by atoms with E-state index in [2.05, 4.69) is 0 Å². The number of halogens is 2. The summed E-state index contributed by atoms with van der Waals surface area (Å²) >= 11 is 12.0. The summed E-state index contributed by atoms with van der Waals surface area (Å²) in [4.78, 5) is 43.3. The highest BCUT2D eigenvalue weighted by Crippen LogP contribution is 2.26. The first-order chi connectivity index (χ1) is 12.7. The van der Waals surface area contributed by atoms with Crippen LogP contribution in [0.25, 0.3) is 0 Å². The molecule has 0 spiro atoms. The van der Waals surface area contributed by atoms with Gasteiger partial charge in [-0.3, -0.25) is 14.4 Å². The Kier molecular flexibility index (Phi) is 5.68. The molecule has 2 heterocycles. The minimum atomic E-state index is -0.640. The van der Waals surface area contributed by atoms with Crippen molar-refractivity contribution in [1.29, 1.82) is 0 Å². The van der Waals surface area contributed by atoms with Crippen molar-refractivity contribution in [2.24, 2.45) is 5.92 Å². The molecule has 0 N–H and O–H groups in total. The van der Waals surface area contributed by atoms with Crippen LogP contribution in [-0.4, -0.2) is 71.2 Å². The van der Waals surface area contributed by atoms with Gasteiger partial charge >= 0.3 is 0 Å². The lowest BCUT2D eigenvalue weighted by Gasteiger charge is -2.48. The Morgan fingerprint density at radius 1 is 1.11 bits per heavy atom. The fourth-order valence-corrected chi connectivity index (χ4v) is 4.28. The first-order valence-electron chi connectivity index (χ1n) is 9.01. The van der Waals surface area contributed by atoms with Crippen LogP contribution in [0.2, 0.25) is 10.0 Å². The second kappa shape index (κ2) is 7.68. The van der Waals surface area contributed by atoms with Gasteiger partial charge in [-0.15, -0.1) is 0 Å². The minimum Gasteiger partial charge on any atom is -0.334 e. The maximum absolute atomic E-state index is 12.9. The average molecular weight is 412 g/mol. The molecule has 2 fully saturated rings. The number of hydrogen-bond acceptors (Lipinski definition) is 3. The molecule has 1 aromatic carbocycles. The largest absolute Gasteiger partial charge is 0.334 e. The van der Waals surface area contributed by atoms with Crippen molar-refractivity contribution in [2.75, 3.05) is 26.7 Å². The first-order valence-corrected chi connectivity index (χ1v) is 9.77. The smallest absolute Gasteiger partial charge is 0.254 e. The SMILES string of the molecule is CC(C)C[C@H]1C(=O)N2CCN(C(=O)c3cc(Cl)cc(Cl)c3)C[C@@H]2C(=O)N1C. The zero-order chi connectivity index (χ0) is 19.9. The van der Waals surface area contributed by atoms with Crippen LogP contribution in [0, 0.1) is 5.92 Å². The Hall–Kier alpha value is -1.79. The highest BCUT2D eigenvalue weighted by Gasteiger charge is 2.47. The monoisotopic (exact) mass is 411 g/mol. The third-order valence-corrected chi connectivity index (χ3v) is 5.58. The van der Waals surface area contributed by atoms with Crippen LogP contribution in [0.5, 0.6) is 0 Å². The van der Waals surface area contributed by atoms with Gasteiger partial charge in [0.2, 0.25) is 11.8 Å². The molecular formula is C19H23Cl2N3O3. The van der Waals surface area contributed by atoms with E-state index < -0.39 is 12.1 Å². The van der Waals surface area contributed by atoms with E-state index >= 15 is 0 Å². The van der Waals surface area contributed by atoms with Gasteiger partial charge < -0.3 is 14.7 Å². The number of fused-ring (bicyclic) bond motifs is 1. The fourth-order valence-electron chi connectivity index (χ4n) is 3.75. The van der Waals surface area contributed by atoms with Crippen LogP contribution in [0.3, 0.4) is 0 Å². The number of amides is 3. The molecule has 0 aliphatic carbocycles. The number of carbonyl (C=O) groups is 3. The van der Waals surface area contributed by atoms with Gasteiger partial charge in [0.1, 0.15) is 12.1 Å².